The molecule has 0 radical (unpaired) electrons. The number of hydrogen-bond acceptors (Lipinski definition) is 9. The second-order valence-electron chi connectivity index (χ2n) is 10.1. The number of pyridine rings is 6. The van der Waals surface area contributed by atoms with Crippen molar-refractivity contribution in [1.82, 2.24) is 29.1 Å². The highest BCUT2D eigenvalue weighted by molar-refractivity contribution is 6.29. The van der Waals surface area contributed by atoms with Crippen molar-refractivity contribution in [2.75, 3.05) is 0 Å². The third-order valence-electron chi connectivity index (χ3n) is 6.17. The fourth-order valence-corrected chi connectivity index (χ4v) is 4.35. The van der Waals surface area contributed by atoms with Crippen molar-refractivity contribution in [2.24, 2.45) is 5.73 Å². The van der Waals surface area contributed by atoms with Gasteiger partial charge in [-0.1, -0.05) is 52.1 Å². The predicted molar refractivity (Wildman–Crippen MR) is 215 cm³/mol. The highest BCUT2D eigenvalue weighted by Gasteiger charge is 2.04. The van der Waals surface area contributed by atoms with E-state index < -0.39 is 0 Å². The zero-order valence-electron chi connectivity index (χ0n) is 27.3. The van der Waals surface area contributed by atoms with Crippen LogP contribution in [0.2, 0.25) is 5.15 Å². The zero-order valence-corrected chi connectivity index (χ0v) is 28.9. The first kappa shape index (κ1) is 48.9. The predicted octanol–water partition coefficient (Wildman–Crippen LogP) is 7.03. The molecule has 14 heteroatoms. The normalized spacial score (nSPS) is 8.89. The minimum atomic E-state index is -0.163. The molecule has 0 amide bonds. The summed E-state index contributed by atoms with van der Waals surface area (Å²) in [7, 11) is 0. The lowest BCUT2D eigenvalue weighted by Gasteiger charge is -2.07. The molecule has 0 aliphatic rings. The number of rotatable bonds is 3. The summed E-state index contributed by atoms with van der Waals surface area (Å²) in [5, 5.41) is 17.7. The lowest BCUT2D eigenvalue weighted by Crippen LogP contribution is -2.17. The molecule has 0 aliphatic heterocycles. The summed E-state index contributed by atoms with van der Waals surface area (Å²) < 4.78 is 2.92. The van der Waals surface area contributed by atoms with Gasteiger partial charge in [0.25, 0.3) is 11.1 Å². The van der Waals surface area contributed by atoms with Gasteiger partial charge in [-0.15, -0.1) is 12.4 Å². The van der Waals surface area contributed by atoms with Crippen LogP contribution in [0.15, 0.2) is 124 Å². The van der Waals surface area contributed by atoms with Crippen molar-refractivity contribution in [3.8, 4) is 23.8 Å². The van der Waals surface area contributed by atoms with Gasteiger partial charge in [0.1, 0.15) is 16.8 Å². The van der Waals surface area contributed by atoms with Crippen LogP contribution < -0.4 is 22.4 Å². The quantitative estimate of drug-likeness (QED) is 0.179. The summed E-state index contributed by atoms with van der Waals surface area (Å²) in [6, 6.07) is 29.1. The first-order valence-electron chi connectivity index (χ1n) is 14.6. The van der Waals surface area contributed by atoms with Gasteiger partial charge in [-0.25, -0.2) is 15.0 Å². The van der Waals surface area contributed by atoms with Crippen LogP contribution in [0.1, 0.15) is 56.1 Å². The van der Waals surface area contributed by atoms with E-state index in [1.54, 1.807) is 87.0 Å². The maximum Gasteiger partial charge on any atom is 0.256 e. The summed E-state index contributed by atoms with van der Waals surface area (Å²) in [6.45, 7) is 5.92. The van der Waals surface area contributed by atoms with Crippen molar-refractivity contribution in [2.45, 2.75) is 49.6 Å². The van der Waals surface area contributed by atoms with Crippen LogP contribution in [-0.2, 0) is 6.54 Å². The van der Waals surface area contributed by atoms with E-state index >= 15 is 0 Å². The van der Waals surface area contributed by atoms with Crippen molar-refractivity contribution in [1.29, 1.82) is 10.5 Å². The van der Waals surface area contributed by atoms with Gasteiger partial charge in [0, 0.05) is 60.4 Å². The molecule has 0 saturated heterocycles. The standard InChI is InChI=1S/C12H13N3O.C12H9N3O.C7H5ClN2.C5H5NO.3CH4.ClH/c2*1-9-6-10(8-13)7-11(14-9)15-5-3-2-4-12(15)16;1-5-2-6(4-9)3-7(8)10-5;7-5-3-1-2-4-6-5;;;;/h2-7H,8,13H2,1H3;2-7H,1H3;2-3H,1H3;1-4H,(H,6,7);3*1H4;1H. The molecule has 0 atom stereocenters. The number of hydrogen-bond donors (Lipinski definition) is 2. The first-order valence-corrected chi connectivity index (χ1v) is 15.0. The van der Waals surface area contributed by atoms with E-state index in [-0.39, 0.29) is 51.4 Å². The second kappa shape index (κ2) is 24.9. The van der Waals surface area contributed by atoms with Gasteiger partial charge < -0.3 is 10.7 Å². The number of halogens is 2. The molecule has 0 fully saturated rings. The molecule has 278 valence electrons. The molecule has 3 N–H and O–H groups in total. The van der Waals surface area contributed by atoms with E-state index in [9.17, 15) is 14.4 Å². The maximum absolute atomic E-state index is 11.6. The van der Waals surface area contributed by atoms with E-state index in [1.807, 2.05) is 31.2 Å². The molecule has 0 aromatic carbocycles. The van der Waals surface area contributed by atoms with E-state index in [1.165, 1.54) is 33.4 Å². The Morgan fingerprint density at radius 2 is 1.15 bits per heavy atom. The van der Waals surface area contributed by atoms with E-state index in [0.717, 1.165) is 17.0 Å². The Morgan fingerprint density at radius 1 is 0.679 bits per heavy atom. The lowest BCUT2D eigenvalue weighted by molar-refractivity contribution is 0.914. The van der Waals surface area contributed by atoms with Gasteiger partial charge in [0.2, 0.25) is 5.56 Å². The van der Waals surface area contributed by atoms with E-state index in [4.69, 9.17) is 27.9 Å². The fourth-order valence-electron chi connectivity index (χ4n) is 4.10. The molecule has 0 spiro atoms. The van der Waals surface area contributed by atoms with E-state index in [0.29, 0.717) is 40.2 Å². The highest BCUT2D eigenvalue weighted by Crippen LogP contribution is 2.10. The molecule has 53 heavy (non-hydrogen) atoms. The van der Waals surface area contributed by atoms with Gasteiger partial charge in [0.15, 0.2) is 0 Å². The Hall–Kier alpha value is -6.18. The molecule has 0 bridgehead atoms. The average molecular weight is 759 g/mol. The molecule has 6 aromatic rings. The van der Waals surface area contributed by atoms with Gasteiger partial charge in [0.05, 0.1) is 23.3 Å². The van der Waals surface area contributed by atoms with Gasteiger partial charge in [-0.2, -0.15) is 10.5 Å². The minimum absolute atomic E-state index is 0. The third-order valence-corrected chi connectivity index (χ3v) is 6.37. The van der Waals surface area contributed by atoms with Crippen LogP contribution in [0.4, 0.5) is 0 Å². The van der Waals surface area contributed by atoms with Crippen LogP contribution in [0.3, 0.4) is 0 Å². The number of nitrogens with two attached hydrogens (primary N) is 1. The van der Waals surface area contributed by atoms with E-state index in [2.05, 4.69) is 19.9 Å². The number of aromatic nitrogens is 6. The lowest BCUT2D eigenvalue weighted by atomic mass is 10.2. The molecule has 6 aromatic heterocycles. The van der Waals surface area contributed by atoms with Crippen LogP contribution >= 0.6 is 24.0 Å². The van der Waals surface area contributed by atoms with Crippen LogP contribution in [0, 0.1) is 43.4 Å². The summed E-state index contributed by atoms with van der Waals surface area (Å²) in [4.78, 5) is 48.3. The Balaban J connectivity index is 0. The Morgan fingerprint density at radius 3 is 1.57 bits per heavy atom. The number of aryl methyl sites for hydroxylation is 3. The topological polar surface area (TPSA) is 189 Å². The molecular weight excluding hydrogens is 713 g/mol. The van der Waals surface area contributed by atoms with Crippen molar-refractivity contribution < 1.29 is 0 Å². The van der Waals surface area contributed by atoms with Crippen molar-refractivity contribution in [3.63, 3.8) is 0 Å². The second-order valence-corrected chi connectivity index (χ2v) is 10.5. The van der Waals surface area contributed by atoms with Crippen LogP contribution in [-0.4, -0.2) is 29.1 Å². The molecule has 6 heterocycles. The summed E-state index contributed by atoms with van der Waals surface area (Å²) in [5.74, 6) is 1.09. The molecule has 6 rings (SSSR count). The highest BCUT2D eigenvalue weighted by atomic mass is 35.5. The summed E-state index contributed by atoms with van der Waals surface area (Å²) in [6.07, 6.45) is 4.93. The molecule has 0 unspecified atom stereocenters. The number of nitrogens with zero attached hydrogens (tertiary/aromatic N) is 7. The number of nitriles is 2. The first-order chi connectivity index (χ1) is 23.5. The van der Waals surface area contributed by atoms with Gasteiger partial charge in [-0.3, -0.25) is 23.5 Å². The van der Waals surface area contributed by atoms with Crippen LogP contribution in [0.5, 0.6) is 0 Å². The maximum atomic E-state index is 11.6. The molecule has 0 aliphatic carbocycles. The summed E-state index contributed by atoms with van der Waals surface area (Å²) in [5.41, 5.74) is 9.64. The van der Waals surface area contributed by atoms with Crippen LogP contribution in [0.25, 0.3) is 11.6 Å². The number of H-pyrrole nitrogens is 1. The largest absolute Gasteiger partial charge is 0.329 e. The Labute approximate surface area is 321 Å². The molecule has 12 nitrogen and oxygen atoms in total. The third kappa shape index (κ3) is 16.1. The van der Waals surface area contributed by atoms with Gasteiger partial charge >= 0.3 is 0 Å². The Kier molecular flexibility index (Phi) is 23.0. The zero-order chi connectivity index (χ0) is 35.8. The monoisotopic (exact) mass is 757 g/mol. The SMILES string of the molecule is C.C.C.Cc1cc(C#N)cc(-n2ccccc2=O)n1.Cc1cc(C#N)cc(Cl)n1.Cc1cc(CN)cc(-n2ccccc2=O)n1.Cl.O=c1cccc[nH]1. The Bertz CT molecular complexity index is 2250. The summed E-state index contributed by atoms with van der Waals surface area (Å²) >= 11 is 5.57. The number of nitrogens with one attached hydrogen (secondary N) is 1. The fraction of sp³-hybridized carbons (Fsp3) is 0.179. The van der Waals surface area contributed by atoms with Crippen molar-refractivity contribution >= 4 is 24.0 Å². The average Bonchev–Trinajstić information content (AvgIpc) is 3.09. The molecular formula is C39H45Cl2N9O3. The minimum Gasteiger partial charge on any atom is -0.329 e. The van der Waals surface area contributed by atoms with Crippen molar-refractivity contribution in [3.05, 3.63) is 180 Å². The smallest absolute Gasteiger partial charge is 0.256 e. The molecule has 0 saturated carbocycles. The number of aromatic amines is 1. The van der Waals surface area contributed by atoms with Gasteiger partial charge in [-0.05, 0) is 80.9 Å².